The molecule has 1 atom stereocenters. The summed E-state index contributed by atoms with van der Waals surface area (Å²) in [5, 5.41) is 2.81. The predicted molar refractivity (Wildman–Crippen MR) is 69.2 cm³/mol. The van der Waals surface area contributed by atoms with E-state index >= 15 is 0 Å². The second kappa shape index (κ2) is 5.34. The molecule has 98 valence electrons. The summed E-state index contributed by atoms with van der Waals surface area (Å²) in [6.45, 7) is 4.62. The minimum Gasteiger partial charge on any atom is -0.349 e. The van der Waals surface area contributed by atoms with E-state index in [2.05, 4.69) is 26.2 Å². The van der Waals surface area contributed by atoms with Crippen LogP contribution in [0.4, 0.5) is 0 Å². The molecule has 1 aliphatic heterocycles. The number of halogens is 1. The van der Waals surface area contributed by atoms with Crippen molar-refractivity contribution in [1.29, 1.82) is 0 Å². The maximum atomic E-state index is 11.9. The molecule has 18 heavy (non-hydrogen) atoms. The molecule has 2 rings (SSSR count). The van der Waals surface area contributed by atoms with Gasteiger partial charge in [-0.2, -0.15) is 0 Å². The quantitative estimate of drug-likeness (QED) is 0.863. The van der Waals surface area contributed by atoms with Gasteiger partial charge >= 0.3 is 0 Å². The molecular formula is C12H15BrN2O3. The Hall–Kier alpha value is -0.980. The van der Waals surface area contributed by atoms with Gasteiger partial charge in [-0.1, -0.05) is 0 Å². The number of hydrogen-bond donors (Lipinski definition) is 1. The van der Waals surface area contributed by atoms with Crippen LogP contribution < -0.4 is 5.32 Å². The molecule has 6 heteroatoms. The first kappa shape index (κ1) is 13.5. The lowest BCUT2D eigenvalue weighted by Gasteiger charge is -2.17. The van der Waals surface area contributed by atoms with Crippen molar-refractivity contribution in [2.24, 2.45) is 0 Å². The van der Waals surface area contributed by atoms with E-state index in [-0.39, 0.29) is 12.0 Å². The normalized spacial score (nSPS) is 21.8. The first-order valence-electron chi connectivity index (χ1n) is 5.68. The molecule has 1 aromatic rings. The molecule has 0 spiro atoms. The van der Waals surface area contributed by atoms with Crippen LogP contribution in [0.2, 0.25) is 0 Å². The lowest BCUT2D eigenvalue weighted by atomic mass is 10.2. The van der Waals surface area contributed by atoms with Crippen molar-refractivity contribution in [2.45, 2.75) is 25.7 Å². The monoisotopic (exact) mass is 314 g/mol. The molecule has 1 aromatic heterocycles. The average Bonchev–Trinajstić information content (AvgIpc) is 2.66. The SMILES string of the molecule is CC1(C)OCC(CNC(=O)c2cccnc2Br)O1. The Labute approximate surface area is 114 Å². The number of pyridine rings is 1. The Morgan fingerprint density at radius 1 is 1.67 bits per heavy atom. The van der Waals surface area contributed by atoms with E-state index in [1.54, 1.807) is 18.3 Å². The zero-order valence-corrected chi connectivity index (χ0v) is 11.9. The van der Waals surface area contributed by atoms with Crippen LogP contribution >= 0.6 is 15.9 Å². The minimum absolute atomic E-state index is 0.112. The Morgan fingerprint density at radius 2 is 2.44 bits per heavy atom. The first-order chi connectivity index (χ1) is 8.48. The van der Waals surface area contributed by atoms with Crippen LogP contribution in [0.25, 0.3) is 0 Å². The van der Waals surface area contributed by atoms with Crippen LogP contribution in [0.3, 0.4) is 0 Å². The number of nitrogens with zero attached hydrogens (tertiary/aromatic N) is 1. The van der Waals surface area contributed by atoms with Gasteiger partial charge in [0.25, 0.3) is 5.91 Å². The summed E-state index contributed by atoms with van der Waals surface area (Å²) in [5.41, 5.74) is 0.510. The Kier molecular flexibility index (Phi) is 3.99. The third kappa shape index (κ3) is 3.28. The fraction of sp³-hybridized carbons (Fsp3) is 0.500. The first-order valence-corrected chi connectivity index (χ1v) is 6.48. The summed E-state index contributed by atoms with van der Waals surface area (Å²) in [6.07, 6.45) is 1.51. The van der Waals surface area contributed by atoms with Crippen LogP contribution in [0.5, 0.6) is 0 Å². The van der Waals surface area contributed by atoms with E-state index in [9.17, 15) is 4.79 Å². The van der Waals surface area contributed by atoms with Crippen molar-refractivity contribution in [3.8, 4) is 0 Å². The summed E-state index contributed by atoms with van der Waals surface area (Å²) in [6, 6.07) is 3.43. The highest BCUT2D eigenvalue weighted by Gasteiger charge is 2.32. The van der Waals surface area contributed by atoms with Gasteiger partial charge < -0.3 is 14.8 Å². The molecule has 1 unspecified atom stereocenters. The molecule has 1 aliphatic rings. The minimum atomic E-state index is -0.565. The van der Waals surface area contributed by atoms with Crippen molar-refractivity contribution < 1.29 is 14.3 Å². The van der Waals surface area contributed by atoms with Crippen LogP contribution in [-0.2, 0) is 9.47 Å². The van der Waals surface area contributed by atoms with E-state index < -0.39 is 5.79 Å². The van der Waals surface area contributed by atoms with Gasteiger partial charge in [-0.05, 0) is 41.9 Å². The van der Waals surface area contributed by atoms with Gasteiger partial charge in [-0.15, -0.1) is 0 Å². The molecule has 0 saturated carbocycles. The fourth-order valence-electron chi connectivity index (χ4n) is 1.72. The van der Waals surface area contributed by atoms with Gasteiger partial charge in [-0.3, -0.25) is 4.79 Å². The van der Waals surface area contributed by atoms with Gasteiger partial charge in [0.1, 0.15) is 10.7 Å². The number of carbonyl (C=O) groups is 1. The average molecular weight is 315 g/mol. The van der Waals surface area contributed by atoms with E-state index in [1.807, 2.05) is 13.8 Å². The Balaban J connectivity index is 1.88. The van der Waals surface area contributed by atoms with Crippen molar-refractivity contribution in [3.05, 3.63) is 28.5 Å². The molecule has 0 bridgehead atoms. The summed E-state index contributed by atoms with van der Waals surface area (Å²) in [5.74, 6) is -0.743. The second-order valence-corrected chi connectivity index (χ2v) is 5.25. The third-order valence-corrected chi connectivity index (χ3v) is 3.19. The third-order valence-electron chi connectivity index (χ3n) is 2.56. The smallest absolute Gasteiger partial charge is 0.254 e. The predicted octanol–water partition coefficient (Wildman–Crippen LogP) is 1.73. The maximum Gasteiger partial charge on any atom is 0.254 e. The van der Waals surface area contributed by atoms with Crippen molar-refractivity contribution in [1.82, 2.24) is 10.3 Å². The number of carbonyl (C=O) groups excluding carboxylic acids is 1. The van der Waals surface area contributed by atoms with E-state index in [4.69, 9.17) is 9.47 Å². The molecule has 0 aromatic carbocycles. The number of ether oxygens (including phenoxy) is 2. The largest absolute Gasteiger partial charge is 0.349 e. The molecule has 2 heterocycles. The van der Waals surface area contributed by atoms with Crippen LogP contribution in [0, 0.1) is 0 Å². The summed E-state index contributed by atoms with van der Waals surface area (Å²) in [7, 11) is 0. The molecule has 1 amide bonds. The standard InChI is InChI=1S/C12H15BrN2O3/c1-12(2)17-7-8(18-12)6-15-11(16)9-4-3-5-14-10(9)13/h3-5,8H,6-7H2,1-2H3,(H,15,16). The Morgan fingerprint density at radius 3 is 3.06 bits per heavy atom. The number of amides is 1. The molecule has 5 nitrogen and oxygen atoms in total. The Bertz CT molecular complexity index is 451. The van der Waals surface area contributed by atoms with Crippen LogP contribution in [0.15, 0.2) is 22.9 Å². The molecular weight excluding hydrogens is 300 g/mol. The van der Waals surface area contributed by atoms with Crippen LogP contribution in [-0.4, -0.2) is 35.9 Å². The summed E-state index contributed by atoms with van der Waals surface area (Å²) >= 11 is 3.24. The van der Waals surface area contributed by atoms with Crippen molar-refractivity contribution >= 4 is 21.8 Å². The molecule has 0 aliphatic carbocycles. The number of aromatic nitrogens is 1. The fourth-order valence-corrected chi connectivity index (χ4v) is 2.15. The van der Waals surface area contributed by atoms with Crippen molar-refractivity contribution in [2.75, 3.05) is 13.2 Å². The van der Waals surface area contributed by atoms with Gasteiger partial charge in [-0.25, -0.2) is 4.98 Å². The molecule has 1 fully saturated rings. The highest BCUT2D eigenvalue weighted by molar-refractivity contribution is 9.10. The number of rotatable bonds is 3. The maximum absolute atomic E-state index is 11.9. The van der Waals surface area contributed by atoms with Gasteiger partial charge in [0.05, 0.1) is 12.2 Å². The summed E-state index contributed by atoms with van der Waals surface area (Å²) in [4.78, 5) is 15.9. The van der Waals surface area contributed by atoms with Crippen LogP contribution in [0.1, 0.15) is 24.2 Å². The topological polar surface area (TPSA) is 60.5 Å². The van der Waals surface area contributed by atoms with E-state index in [0.29, 0.717) is 23.3 Å². The van der Waals surface area contributed by atoms with Crippen molar-refractivity contribution in [3.63, 3.8) is 0 Å². The van der Waals surface area contributed by atoms with Gasteiger partial charge in [0, 0.05) is 12.7 Å². The molecule has 1 saturated heterocycles. The molecule has 0 radical (unpaired) electrons. The zero-order valence-electron chi connectivity index (χ0n) is 10.3. The van der Waals surface area contributed by atoms with Gasteiger partial charge in [0.2, 0.25) is 0 Å². The van der Waals surface area contributed by atoms with E-state index in [1.165, 1.54) is 0 Å². The lowest BCUT2D eigenvalue weighted by Crippen LogP contribution is -2.34. The lowest BCUT2D eigenvalue weighted by molar-refractivity contribution is -0.137. The highest BCUT2D eigenvalue weighted by Crippen LogP contribution is 2.21. The second-order valence-electron chi connectivity index (χ2n) is 4.50. The molecule has 1 N–H and O–H groups in total. The summed E-state index contributed by atoms with van der Waals surface area (Å²) < 4.78 is 11.6. The van der Waals surface area contributed by atoms with E-state index in [0.717, 1.165) is 0 Å². The number of nitrogens with one attached hydrogen (secondary N) is 1. The highest BCUT2D eigenvalue weighted by atomic mass is 79.9. The number of hydrogen-bond acceptors (Lipinski definition) is 4. The zero-order chi connectivity index (χ0) is 13.2. The van der Waals surface area contributed by atoms with Gasteiger partial charge in [0.15, 0.2) is 5.79 Å².